The molecule has 1 aromatic carbocycles. The van der Waals surface area contributed by atoms with Gasteiger partial charge in [0.05, 0.1) is 5.56 Å². The van der Waals surface area contributed by atoms with E-state index in [2.05, 4.69) is 5.32 Å². The third-order valence-electron chi connectivity index (χ3n) is 2.07. The van der Waals surface area contributed by atoms with E-state index in [1.54, 1.807) is 12.1 Å². The maximum absolute atomic E-state index is 11.6. The highest BCUT2D eigenvalue weighted by Crippen LogP contribution is 2.15. The van der Waals surface area contributed by atoms with Gasteiger partial charge in [0, 0.05) is 12.6 Å². The Kier molecular flexibility index (Phi) is 3.41. The van der Waals surface area contributed by atoms with E-state index in [9.17, 15) is 19.8 Å². The van der Waals surface area contributed by atoms with Gasteiger partial charge in [0.1, 0.15) is 0 Å². The van der Waals surface area contributed by atoms with Crippen molar-refractivity contribution >= 4 is 11.7 Å². The van der Waals surface area contributed by atoms with Gasteiger partial charge in [0.15, 0.2) is 0 Å². The molecule has 0 spiro atoms. The van der Waals surface area contributed by atoms with Gasteiger partial charge in [-0.2, -0.15) is 0 Å². The summed E-state index contributed by atoms with van der Waals surface area (Å²) in [6.45, 7) is 0.954. The molecule has 0 unspecified atom stereocenters. The molecular formula is C11H13NO4. The van der Waals surface area contributed by atoms with Crippen molar-refractivity contribution in [1.29, 1.82) is 0 Å². The topological polar surface area (TPSA) is 86.6 Å². The van der Waals surface area contributed by atoms with Crippen molar-refractivity contribution < 1.29 is 19.8 Å². The molecule has 0 saturated heterocycles. The Morgan fingerprint density at radius 2 is 1.69 bits per heavy atom. The fraction of sp³-hybridized carbons (Fsp3) is 0.273. The second kappa shape index (κ2) is 4.42. The van der Waals surface area contributed by atoms with Crippen molar-refractivity contribution in [3.8, 4) is 0 Å². The molecule has 16 heavy (non-hydrogen) atoms. The Morgan fingerprint density at radius 1 is 1.19 bits per heavy atom. The molecule has 86 valence electrons. The molecule has 0 aliphatic rings. The fourth-order valence-corrected chi connectivity index (χ4v) is 1.27. The van der Waals surface area contributed by atoms with Gasteiger partial charge in [-0.25, -0.2) is 0 Å². The van der Waals surface area contributed by atoms with Crippen LogP contribution in [0.3, 0.4) is 0 Å². The second-order valence-corrected chi connectivity index (χ2v) is 3.47. The molecule has 5 heteroatoms. The molecule has 1 aromatic rings. The minimum Gasteiger partial charge on any atom is -0.360 e. The van der Waals surface area contributed by atoms with Crippen molar-refractivity contribution in [1.82, 2.24) is 5.32 Å². The molecule has 0 aliphatic heterocycles. The van der Waals surface area contributed by atoms with Crippen molar-refractivity contribution in [2.75, 3.05) is 7.05 Å². The van der Waals surface area contributed by atoms with Crippen molar-refractivity contribution in [3.05, 3.63) is 35.4 Å². The Bertz CT molecular complexity index is 420. The van der Waals surface area contributed by atoms with Crippen molar-refractivity contribution in [2.45, 2.75) is 12.7 Å². The zero-order chi connectivity index (χ0) is 12.3. The van der Waals surface area contributed by atoms with E-state index in [1.807, 2.05) is 0 Å². The van der Waals surface area contributed by atoms with E-state index in [4.69, 9.17) is 0 Å². The van der Waals surface area contributed by atoms with Crippen LogP contribution in [-0.2, 0) is 0 Å². The average Bonchev–Trinajstić information content (AvgIpc) is 2.25. The smallest absolute Gasteiger partial charge is 0.251 e. The lowest BCUT2D eigenvalue weighted by molar-refractivity contribution is -0.106. The van der Waals surface area contributed by atoms with Crippen LogP contribution in [0.1, 0.15) is 27.6 Å². The molecule has 1 amide bonds. The number of hydrogen-bond donors (Lipinski definition) is 3. The highest BCUT2D eigenvalue weighted by molar-refractivity contribution is 6.10. The number of amides is 1. The van der Waals surface area contributed by atoms with Crippen LogP contribution in [0, 0.1) is 0 Å². The van der Waals surface area contributed by atoms with Crippen LogP contribution in [0.2, 0.25) is 0 Å². The maximum atomic E-state index is 11.6. The highest BCUT2D eigenvalue weighted by Gasteiger charge is 2.30. The molecular weight excluding hydrogens is 210 g/mol. The molecule has 0 aromatic heterocycles. The van der Waals surface area contributed by atoms with Gasteiger partial charge in [-0.15, -0.1) is 0 Å². The number of benzene rings is 1. The first-order valence-electron chi connectivity index (χ1n) is 4.68. The lowest BCUT2D eigenvalue weighted by atomic mass is 9.98. The van der Waals surface area contributed by atoms with Crippen LogP contribution in [0.5, 0.6) is 0 Å². The number of hydrogen-bond acceptors (Lipinski definition) is 4. The molecule has 1 rings (SSSR count). The minimum absolute atomic E-state index is 0.0191. The summed E-state index contributed by atoms with van der Waals surface area (Å²) >= 11 is 0. The molecule has 0 atom stereocenters. The predicted molar refractivity (Wildman–Crippen MR) is 57.0 cm³/mol. The van der Waals surface area contributed by atoms with Gasteiger partial charge in [-0.05, 0) is 13.0 Å². The third-order valence-corrected chi connectivity index (χ3v) is 2.07. The van der Waals surface area contributed by atoms with Crippen LogP contribution in [0.25, 0.3) is 0 Å². The standard InChI is InChI=1S/C11H13NO4/c1-11(15,16)9(13)7-5-3-4-6-8(7)10(14)12-2/h3-6,15-16H,1-2H3,(H,12,14). The fourth-order valence-electron chi connectivity index (χ4n) is 1.27. The Balaban J connectivity index is 3.24. The minimum atomic E-state index is -2.48. The number of Topliss-reactive ketones (excluding diaryl/α,β-unsaturated/α-hetero) is 1. The van der Waals surface area contributed by atoms with Gasteiger partial charge in [0.2, 0.25) is 11.6 Å². The first-order valence-corrected chi connectivity index (χ1v) is 4.68. The number of rotatable bonds is 3. The number of aliphatic hydroxyl groups is 2. The van der Waals surface area contributed by atoms with Gasteiger partial charge >= 0.3 is 0 Å². The molecule has 3 N–H and O–H groups in total. The quantitative estimate of drug-likeness (QED) is 0.494. The lowest BCUT2D eigenvalue weighted by Gasteiger charge is -2.16. The Labute approximate surface area is 92.7 Å². The van der Waals surface area contributed by atoms with Crippen molar-refractivity contribution in [2.24, 2.45) is 0 Å². The number of carbonyl (C=O) groups is 2. The summed E-state index contributed by atoms with van der Waals surface area (Å²) in [5.74, 6) is -3.84. The Morgan fingerprint density at radius 3 is 2.12 bits per heavy atom. The number of carbonyl (C=O) groups excluding carboxylic acids is 2. The largest absolute Gasteiger partial charge is 0.360 e. The summed E-state index contributed by atoms with van der Waals surface area (Å²) in [5, 5.41) is 20.8. The van der Waals surface area contributed by atoms with E-state index in [-0.39, 0.29) is 11.1 Å². The maximum Gasteiger partial charge on any atom is 0.251 e. The lowest BCUT2D eigenvalue weighted by Crippen LogP contribution is -2.36. The zero-order valence-corrected chi connectivity index (χ0v) is 9.02. The highest BCUT2D eigenvalue weighted by atomic mass is 16.5. The predicted octanol–water partition coefficient (Wildman–Crippen LogP) is -0.0703. The molecule has 0 radical (unpaired) electrons. The first-order chi connectivity index (χ1) is 7.38. The molecule has 0 bridgehead atoms. The molecule has 5 nitrogen and oxygen atoms in total. The summed E-state index contributed by atoms with van der Waals surface area (Å²) in [5.41, 5.74) is 0.0960. The summed E-state index contributed by atoms with van der Waals surface area (Å²) in [6.07, 6.45) is 0. The van der Waals surface area contributed by atoms with Crippen LogP contribution in [0.4, 0.5) is 0 Å². The normalized spacial score (nSPS) is 11.0. The number of nitrogens with one attached hydrogen (secondary N) is 1. The summed E-state index contributed by atoms with van der Waals surface area (Å²) < 4.78 is 0. The van der Waals surface area contributed by atoms with Gasteiger partial charge in [-0.1, -0.05) is 18.2 Å². The van der Waals surface area contributed by atoms with Crippen molar-refractivity contribution in [3.63, 3.8) is 0 Å². The molecule has 0 saturated carbocycles. The van der Waals surface area contributed by atoms with E-state index in [0.717, 1.165) is 6.92 Å². The monoisotopic (exact) mass is 223 g/mol. The second-order valence-electron chi connectivity index (χ2n) is 3.47. The van der Waals surface area contributed by atoms with Crippen LogP contribution in [-0.4, -0.2) is 34.7 Å². The average molecular weight is 223 g/mol. The van der Waals surface area contributed by atoms with Crippen LogP contribution >= 0.6 is 0 Å². The van der Waals surface area contributed by atoms with Gasteiger partial charge < -0.3 is 15.5 Å². The van der Waals surface area contributed by atoms with E-state index < -0.39 is 17.5 Å². The third kappa shape index (κ3) is 2.44. The van der Waals surface area contributed by atoms with E-state index in [1.165, 1.54) is 19.2 Å². The summed E-state index contributed by atoms with van der Waals surface area (Å²) in [6, 6.07) is 5.95. The van der Waals surface area contributed by atoms with Crippen LogP contribution in [0.15, 0.2) is 24.3 Å². The van der Waals surface area contributed by atoms with E-state index in [0.29, 0.717) is 0 Å². The number of ketones is 1. The molecule has 0 aliphatic carbocycles. The van der Waals surface area contributed by atoms with E-state index >= 15 is 0 Å². The molecule has 0 heterocycles. The Hall–Kier alpha value is -1.72. The van der Waals surface area contributed by atoms with Gasteiger partial charge in [0.25, 0.3) is 5.91 Å². The molecule has 0 fully saturated rings. The zero-order valence-electron chi connectivity index (χ0n) is 9.02. The first kappa shape index (κ1) is 12.4. The SMILES string of the molecule is CNC(=O)c1ccccc1C(=O)C(C)(O)O. The van der Waals surface area contributed by atoms with Crippen LogP contribution < -0.4 is 5.32 Å². The summed E-state index contributed by atoms with van der Waals surface area (Å²) in [7, 11) is 1.43. The summed E-state index contributed by atoms with van der Waals surface area (Å²) in [4.78, 5) is 23.1. The van der Waals surface area contributed by atoms with Gasteiger partial charge in [-0.3, -0.25) is 9.59 Å².